The van der Waals surface area contributed by atoms with E-state index >= 15 is 0 Å². The molecule has 0 bridgehead atoms. The molecule has 0 amide bonds. The van der Waals surface area contributed by atoms with Crippen LogP contribution >= 0.6 is 23.2 Å². The van der Waals surface area contributed by atoms with Crippen LogP contribution in [-0.4, -0.2) is 48.3 Å². The monoisotopic (exact) mass is 356 g/mol. The number of hydrogen-bond acceptors (Lipinski definition) is 6. The van der Waals surface area contributed by atoms with Gasteiger partial charge in [-0.3, -0.25) is 4.90 Å². The molecule has 1 aliphatic heterocycles. The fraction of sp³-hybridized carbons (Fsp3) is 0.467. The van der Waals surface area contributed by atoms with Crippen LogP contribution in [0.5, 0.6) is 5.75 Å². The lowest BCUT2D eigenvalue weighted by molar-refractivity contribution is 0.190. The molecule has 2 heterocycles. The third-order valence-electron chi connectivity index (χ3n) is 3.76. The van der Waals surface area contributed by atoms with Gasteiger partial charge in [0, 0.05) is 24.7 Å². The van der Waals surface area contributed by atoms with Gasteiger partial charge in [-0.05, 0) is 25.2 Å². The summed E-state index contributed by atoms with van der Waals surface area (Å²) in [6, 6.07) is 5.27. The zero-order valence-corrected chi connectivity index (χ0v) is 14.3. The maximum atomic E-state index is 6.06. The number of rotatable bonds is 5. The predicted octanol–water partition coefficient (Wildman–Crippen LogP) is 2.57. The molecule has 1 atom stereocenters. The van der Waals surface area contributed by atoms with E-state index in [1.54, 1.807) is 18.2 Å². The van der Waals surface area contributed by atoms with Gasteiger partial charge >= 0.3 is 0 Å². The van der Waals surface area contributed by atoms with Crippen LogP contribution in [0.3, 0.4) is 0 Å². The molecule has 0 radical (unpaired) electrons. The van der Waals surface area contributed by atoms with Crippen LogP contribution < -0.4 is 10.1 Å². The highest BCUT2D eigenvalue weighted by Gasteiger charge is 2.25. The highest BCUT2D eigenvalue weighted by molar-refractivity contribution is 6.35. The molecular formula is C15H18Cl2N4O2. The quantitative estimate of drug-likeness (QED) is 0.888. The number of halogens is 2. The Hall–Kier alpha value is -1.34. The topological polar surface area (TPSA) is 63.4 Å². The van der Waals surface area contributed by atoms with Gasteiger partial charge in [0.15, 0.2) is 5.82 Å². The third kappa shape index (κ3) is 4.14. The average Bonchev–Trinajstić information content (AvgIpc) is 2.98. The fourth-order valence-electron chi connectivity index (χ4n) is 2.44. The Labute approximate surface area is 144 Å². The minimum atomic E-state index is 0.146. The summed E-state index contributed by atoms with van der Waals surface area (Å²) in [6.45, 7) is 3.17. The van der Waals surface area contributed by atoms with Crippen LogP contribution in [0.1, 0.15) is 17.8 Å². The van der Waals surface area contributed by atoms with Crippen molar-refractivity contribution in [2.45, 2.75) is 12.5 Å². The van der Waals surface area contributed by atoms with Crippen molar-refractivity contribution in [1.29, 1.82) is 0 Å². The van der Waals surface area contributed by atoms with Crippen molar-refractivity contribution in [2.24, 2.45) is 0 Å². The molecule has 1 aromatic carbocycles. The number of nitrogens with one attached hydrogen (secondary N) is 1. The summed E-state index contributed by atoms with van der Waals surface area (Å²) >= 11 is 11.9. The first kappa shape index (κ1) is 16.5. The Balaban J connectivity index is 1.55. The van der Waals surface area contributed by atoms with Crippen molar-refractivity contribution >= 4 is 23.2 Å². The second kappa shape index (κ2) is 7.49. The fourth-order valence-corrected chi connectivity index (χ4v) is 2.90. The molecule has 6 nitrogen and oxygen atoms in total. The summed E-state index contributed by atoms with van der Waals surface area (Å²) in [7, 11) is 2.06. The number of benzene rings is 1. The average molecular weight is 357 g/mol. The Bertz CT molecular complexity index is 665. The van der Waals surface area contributed by atoms with Crippen molar-refractivity contribution < 1.29 is 9.26 Å². The molecule has 3 rings (SSSR count). The Morgan fingerprint density at radius 2 is 2.30 bits per heavy atom. The second-order valence-electron chi connectivity index (χ2n) is 5.42. The molecular weight excluding hydrogens is 339 g/mol. The summed E-state index contributed by atoms with van der Waals surface area (Å²) in [6.07, 6.45) is 0.524. The van der Waals surface area contributed by atoms with Gasteiger partial charge in [-0.2, -0.15) is 4.98 Å². The van der Waals surface area contributed by atoms with Crippen LogP contribution in [0.15, 0.2) is 22.7 Å². The Morgan fingerprint density at radius 3 is 3.09 bits per heavy atom. The van der Waals surface area contributed by atoms with E-state index < -0.39 is 0 Å². The Morgan fingerprint density at radius 1 is 1.43 bits per heavy atom. The van der Waals surface area contributed by atoms with Gasteiger partial charge < -0.3 is 14.6 Å². The van der Waals surface area contributed by atoms with E-state index in [2.05, 4.69) is 27.4 Å². The van der Waals surface area contributed by atoms with Gasteiger partial charge in [-0.15, -0.1) is 0 Å². The van der Waals surface area contributed by atoms with Gasteiger partial charge in [0.1, 0.15) is 5.75 Å². The number of aromatic nitrogens is 2. The normalized spacial score (nSPS) is 19.0. The lowest BCUT2D eigenvalue weighted by Crippen LogP contribution is -2.44. The van der Waals surface area contributed by atoms with E-state index in [9.17, 15) is 0 Å². The Kier molecular flexibility index (Phi) is 5.38. The summed E-state index contributed by atoms with van der Waals surface area (Å²) < 4.78 is 10.9. The zero-order valence-electron chi connectivity index (χ0n) is 12.8. The van der Waals surface area contributed by atoms with Gasteiger partial charge in [-0.1, -0.05) is 28.4 Å². The second-order valence-corrected chi connectivity index (χ2v) is 6.26. The summed E-state index contributed by atoms with van der Waals surface area (Å²) in [5.41, 5.74) is 0. The standard InChI is InChI=1S/C15H18Cl2N4O2/c1-21-6-5-18-9-12(21)15-19-14(23-20-15)4-7-22-13-3-2-10(16)8-11(13)17/h2-3,8,12,18H,4-7,9H2,1H3. The first-order valence-corrected chi connectivity index (χ1v) is 8.20. The van der Waals surface area contributed by atoms with E-state index in [0.717, 1.165) is 19.6 Å². The van der Waals surface area contributed by atoms with Crippen LogP contribution in [0.4, 0.5) is 0 Å². The molecule has 1 aromatic heterocycles. The maximum Gasteiger partial charge on any atom is 0.230 e. The molecule has 124 valence electrons. The molecule has 1 aliphatic rings. The first-order chi connectivity index (χ1) is 11.1. The van der Waals surface area contributed by atoms with Crippen molar-refractivity contribution in [1.82, 2.24) is 20.4 Å². The predicted molar refractivity (Wildman–Crippen MR) is 88.2 cm³/mol. The SMILES string of the molecule is CN1CCNCC1c1noc(CCOc2ccc(Cl)cc2Cl)n1. The summed E-state index contributed by atoms with van der Waals surface area (Å²) in [5, 5.41) is 8.48. The minimum absolute atomic E-state index is 0.146. The zero-order chi connectivity index (χ0) is 16.2. The van der Waals surface area contributed by atoms with Crippen molar-refractivity contribution in [2.75, 3.05) is 33.3 Å². The molecule has 1 fully saturated rings. The summed E-state index contributed by atoms with van der Waals surface area (Å²) in [5.74, 6) is 1.86. The molecule has 0 saturated carbocycles. The highest BCUT2D eigenvalue weighted by Crippen LogP contribution is 2.27. The minimum Gasteiger partial charge on any atom is -0.491 e. The van der Waals surface area contributed by atoms with Gasteiger partial charge in [0.25, 0.3) is 0 Å². The molecule has 1 unspecified atom stereocenters. The van der Waals surface area contributed by atoms with Gasteiger partial charge in [-0.25, -0.2) is 0 Å². The van der Waals surface area contributed by atoms with Crippen LogP contribution in [0, 0.1) is 0 Å². The number of likely N-dealkylation sites (N-methyl/N-ethyl adjacent to an activating group) is 1. The molecule has 0 spiro atoms. The first-order valence-electron chi connectivity index (χ1n) is 7.45. The van der Waals surface area contributed by atoms with Crippen LogP contribution in [0.2, 0.25) is 10.0 Å². The van der Waals surface area contributed by atoms with E-state index in [-0.39, 0.29) is 6.04 Å². The molecule has 2 aromatic rings. The summed E-state index contributed by atoms with van der Waals surface area (Å²) in [4.78, 5) is 6.68. The van der Waals surface area contributed by atoms with E-state index in [4.69, 9.17) is 32.5 Å². The smallest absolute Gasteiger partial charge is 0.230 e. The molecule has 23 heavy (non-hydrogen) atoms. The number of hydrogen-bond donors (Lipinski definition) is 1. The van der Waals surface area contributed by atoms with E-state index in [1.807, 2.05) is 0 Å². The lowest BCUT2D eigenvalue weighted by Gasteiger charge is -2.30. The van der Waals surface area contributed by atoms with E-state index in [0.29, 0.717) is 40.5 Å². The highest BCUT2D eigenvalue weighted by atomic mass is 35.5. The number of piperazine rings is 1. The number of ether oxygens (including phenoxy) is 1. The van der Waals surface area contributed by atoms with Gasteiger partial charge in [0.05, 0.1) is 24.1 Å². The third-order valence-corrected chi connectivity index (χ3v) is 4.29. The maximum absolute atomic E-state index is 6.06. The van der Waals surface area contributed by atoms with Crippen LogP contribution in [0.25, 0.3) is 0 Å². The lowest BCUT2D eigenvalue weighted by atomic mass is 10.2. The molecule has 8 heteroatoms. The van der Waals surface area contributed by atoms with E-state index in [1.165, 1.54) is 0 Å². The molecule has 0 aliphatic carbocycles. The largest absolute Gasteiger partial charge is 0.491 e. The van der Waals surface area contributed by atoms with Crippen molar-refractivity contribution in [3.05, 3.63) is 40.0 Å². The number of nitrogens with zero attached hydrogens (tertiary/aromatic N) is 3. The van der Waals surface area contributed by atoms with Crippen molar-refractivity contribution in [3.8, 4) is 5.75 Å². The van der Waals surface area contributed by atoms with Crippen molar-refractivity contribution in [3.63, 3.8) is 0 Å². The van der Waals surface area contributed by atoms with Crippen LogP contribution in [-0.2, 0) is 6.42 Å². The molecule has 1 saturated heterocycles. The molecule has 1 N–H and O–H groups in total. The van der Waals surface area contributed by atoms with Gasteiger partial charge in [0.2, 0.25) is 5.89 Å².